The first kappa shape index (κ1) is 17.2. The van der Waals surface area contributed by atoms with Crippen molar-refractivity contribution in [1.82, 2.24) is 19.9 Å². The number of aryl methyl sites for hydroxylation is 3. The molecule has 4 rings (SSSR count). The van der Waals surface area contributed by atoms with Crippen LogP contribution in [0.5, 0.6) is 0 Å². The maximum atomic E-state index is 5.35. The molecule has 5 nitrogen and oxygen atoms in total. The Morgan fingerprint density at radius 3 is 2.60 bits per heavy atom. The molecule has 136 valence electrons. The number of rotatable bonds is 4. The number of aromatic nitrogens is 2. The van der Waals surface area contributed by atoms with Crippen LogP contribution in [0.1, 0.15) is 47.0 Å². The Bertz CT molecular complexity index is 720. The van der Waals surface area contributed by atoms with Gasteiger partial charge in [0.15, 0.2) is 0 Å². The van der Waals surface area contributed by atoms with Gasteiger partial charge in [-0.3, -0.25) is 9.80 Å². The van der Waals surface area contributed by atoms with E-state index >= 15 is 0 Å². The van der Waals surface area contributed by atoms with Crippen molar-refractivity contribution in [2.24, 2.45) is 5.41 Å². The van der Waals surface area contributed by atoms with Crippen LogP contribution in [-0.2, 0) is 13.1 Å². The molecule has 25 heavy (non-hydrogen) atoms. The summed E-state index contributed by atoms with van der Waals surface area (Å²) >= 11 is 1.76. The fourth-order valence-electron chi connectivity index (χ4n) is 4.60. The van der Waals surface area contributed by atoms with Gasteiger partial charge in [-0.2, -0.15) is 0 Å². The predicted octanol–water partition coefficient (Wildman–Crippen LogP) is 3.54. The second-order valence-corrected chi connectivity index (χ2v) is 9.00. The molecule has 0 saturated carbocycles. The molecule has 0 N–H and O–H groups in total. The predicted molar refractivity (Wildman–Crippen MR) is 99.7 cm³/mol. The van der Waals surface area contributed by atoms with E-state index in [4.69, 9.17) is 4.52 Å². The third-order valence-corrected chi connectivity index (χ3v) is 6.70. The average Bonchev–Trinajstić information content (AvgIpc) is 3.25. The van der Waals surface area contributed by atoms with Gasteiger partial charge < -0.3 is 4.52 Å². The van der Waals surface area contributed by atoms with Crippen molar-refractivity contribution in [1.29, 1.82) is 0 Å². The molecule has 2 aromatic heterocycles. The van der Waals surface area contributed by atoms with Crippen LogP contribution in [0.25, 0.3) is 0 Å². The minimum absolute atomic E-state index is 0.461. The topological polar surface area (TPSA) is 45.4 Å². The fraction of sp³-hybridized carbons (Fsp3) is 0.684. The molecule has 2 aliphatic rings. The molecule has 2 aromatic rings. The molecule has 2 fully saturated rings. The van der Waals surface area contributed by atoms with Crippen LogP contribution >= 0.6 is 11.3 Å². The Labute approximate surface area is 154 Å². The van der Waals surface area contributed by atoms with Gasteiger partial charge >= 0.3 is 0 Å². The second kappa shape index (κ2) is 6.82. The van der Waals surface area contributed by atoms with E-state index < -0.39 is 0 Å². The van der Waals surface area contributed by atoms with Gasteiger partial charge in [-0.1, -0.05) is 5.16 Å². The van der Waals surface area contributed by atoms with Crippen LogP contribution in [0.15, 0.2) is 9.90 Å². The zero-order chi connectivity index (χ0) is 17.4. The van der Waals surface area contributed by atoms with Gasteiger partial charge in [0.2, 0.25) is 0 Å². The van der Waals surface area contributed by atoms with E-state index in [-0.39, 0.29) is 0 Å². The lowest BCUT2D eigenvalue weighted by molar-refractivity contribution is 0.0860. The maximum Gasteiger partial charge on any atom is 0.138 e. The lowest BCUT2D eigenvalue weighted by atomic mass is 9.79. The molecule has 1 spiro atoms. The van der Waals surface area contributed by atoms with Gasteiger partial charge in [0.1, 0.15) is 5.76 Å². The molecule has 4 heterocycles. The van der Waals surface area contributed by atoms with Crippen LogP contribution in [0.2, 0.25) is 0 Å². The summed E-state index contributed by atoms with van der Waals surface area (Å²) in [7, 11) is 0. The largest absolute Gasteiger partial charge is 0.361 e. The van der Waals surface area contributed by atoms with Crippen LogP contribution in [0.4, 0.5) is 0 Å². The summed E-state index contributed by atoms with van der Waals surface area (Å²) in [6.45, 7) is 13.0. The molecular formula is C19H28N4OS. The summed E-state index contributed by atoms with van der Waals surface area (Å²) in [5.41, 5.74) is 4.03. The highest BCUT2D eigenvalue weighted by Crippen LogP contribution is 2.40. The third-order valence-electron chi connectivity index (χ3n) is 5.87. The van der Waals surface area contributed by atoms with E-state index in [0.717, 1.165) is 24.5 Å². The third kappa shape index (κ3) is 3.66. The quantitative estimate of drug-likeness (QED) is 0.834. The van der Waals surface area contributed by atoms with E-state index in [1.807, 2.05) is 6.92 Å². The second-order valence-electron chi connectivity index (χ2n) is 7.94. The maximum absolute atomic E-state index is 5.35. The summed E-state index contributed by atoms with van der Waals surface area (Å²) in [5.74, 6) is 0.976. The molecule has 1 atom stereocenters. The number of piperidine rings is 1. The number of hydrogen-bond acceptors (Lipinski definition) is 6. The van der Waals surface area contributed by atoms with Gasteiger partial charge in [-0.05, 0) is 58.5 Å². The molecule has 2 saturated heterocycles. The summed E-state index contributed by atoms with van der Waals surface area (Å²) < 4.78 is 5.35. The van der Waals surface area contributed by atoms with Crippen molar-refractivity contribution < 1.29 is 4.52 Å². The first-order valence-corrected chi connectivity index (χ1v) is 10.2. The Balaban J connectivity index is 1.39. The monoisotopic (exact) mass is 360 g/mol. The molecule has 0 amide bonds. The van der Waals surface area contributed by atoms with Crippen molar-refractivity contribution in [2.75, 3.05) is 26.2 Å². The van der Waals surface area contributed by atoms with Crippen molar-refractivity contribution in [2.45, 2.75) is 53.1 Å². The van der Waals surface area contributed by atoms with Crippen LogP contribution in [0.3, 0.4) is 0 Å². The normalized spacial score (nSPS) is 25.2. The first-order valence-electron chi connectivity index (χ1n) is 9.30. The minimum Gasteiger partial charge on any atom is -0.361 e. The van der Waals surface area contributed by atoms with Crippen molar-refractivity contribution >= 4 is 11.3 Å². The van der Waals surface area contributed by atoms with E-state index in [1.165, 1.54) is 61.7 Å². The lowest BCUT2D eigenvalue weighted by Gasteiger charge is -2.40. The molecule has 6 heteroatoms. The standard InChI is InChI=1S/C19H28N4OS/c1-14-18(15(2)24-21-14)10-22-7-4-5-19(12-22)6-8-23(13-19)9-17-11-25-16(3)20-17/h11H,4-10,12-13H2,1-3H3/t19-/m1/s1. The molecule has 0 aliphatic carbocycles. The molecule has 0 aromatic carbocycles. The Hall–Kier alpha value is -1.24. The lowest BCUT2D eigenvalue weighted by Crippen LogP contribution is -2.44. The molecule has 0 bridgehead atoms. The highest BCUT2D eigenvalue weighted by molar-refractivity contribution is 7.09. The molecule has 0 unspecified atom stereocenters. The number of hydrogen-bond donors (Lipinski definition) is 0. The average molecular weight is 361 g/mol. The smallest absolute Gasteiger partial charge is 0.138 e. The van der Waals surface area contributed by atoms with E-state index in [9.17, 15) is 0 Å². The summed E-state index contributed by atoms with van der Waals surface area (Å²) in [6, 6.07) is 0. The Morgan fingerprint density at radius 1 is 1.12 bits per heavy atom. The first-order chi connectivity index (χ1) is 12.0. The molecular weight excluding hydrogens is 332 g/mol. The van der Waals surface area contributed by atoms with Gasteiger partial charge in [0.25, 0.3) is 0 Å². The molecule has 2 aliphatic heterocycles. The Kier molecular flexibility index (Phi) is 4.69. The highest BCUT2D eigenvalue weighted by atomic mass is 32.1. The zero-order valence-electron chi connectivity index (χ0n) is 15.5. The highest BCUT2D eigenvalue weighted by Gasteiger charge is 2.41. The van der Waals surface area contributed by atoms with E-state index in [2.05, 4.69) is 39.2 Å². The summed E-state index contributed by atoms with van der Waals surface area (Å²) in [5, 5.41) is 7.50. The van der Waals surface area contributed by atoms with E-state index in [0.29, 0.717) is 5.41 Å². The van der Waals surface area contributed by atoms with Crippen molar-refractivity contribution in [3.63, 3.8) is 0 Å². The minimum atomic E-state index is 0.461. The number of thiazole rings is 1. The number of likely N-dealkylation sites (tertiary alicyclic amines) is 2. The van der Waals surface area contributed by atoms with Crippen molar-refractivity contribution in [3.05, 3.63) is 33.1 Å². The fourth-order valence-corrected chi connectivity index (χ4v) is 5.21. The van der Waals surface area contributed by atoms with Gasteiger partial charge in [-0.15, -0.1) is 11.3 Å². The number of nitrogens with zero attached hydrogens (tertiary/aromatic N) is 4. The van der Waals surface area contributed by atoms with Crippen LogP contribution in [-0.4, -0.2) is 46.1 Å². The van der Waals surface area contributed by atoms with E-state index in [1.54, 1.807) is 11.3 Å². The van der Waals surface area contributed by atoms with Gasteiger partial charge in [0.05, 0.1) is 16.4 Å². The zero-order valence-corrected chi connectivity index (χ0v) is 16.4. The van der Waals surface area contributed by atoms with Gasteiger partial charge in [0, 0.05) is 37.1 Å². The van der Waals surface area contributed by atoms with Crippen LogP contribution in [0, 0.1) is 26.2 Å². The summed E-state index contributed by atoms with van der Waals surface area (Å²) in [6.07, 6.45) is 3.97. The van der Waals surface area contributed by atoms with Crippen molar-refractivity contribution in [3.8, 4) is 0 Å². The molecule has 0 radical (unpaired) electrons. The Morgan fingerprint density at radius 2 is 1.92 bits per heavy atom. The van der Waals surface area contributed by atoms with Gasteiger partial charge in [-0.25, -0.2) is 4.98 Å². The van der Waals surface area contributed by atoms with Crippen LogP contribution < -0.4 is 0 Å². The summed E-state index contributed by atoms with van der Waals surface area (Å²) in [4.78, 5) is 9.86. The SMILES string of the molecule is Cc1nc(CN2CC[C@@]3(CCCN(Cc4c(C)noc4C)C3)C2)cs1.